The molecule has 2 aromatic rings. The van der Waals surface area contributed by atoms with Gasteiger partial charge in [-0.05, 0) is 60.9 Å². The van der Waals surface area contributed by atoms with Crippen LogP contribution in [0.3, 0.4) is 0 Å². The summed E-state index contributed by atoms with van der Waals surface area (Å²) < 4.78 is 10.4. The van der Waals surface area contributed by atoms with Crippen molar-refractivity contribution < 1.29 is 19.1 Å². The number of benzene rings is 1. The Labute approximate surface area is 163 Å². The van der Waals surface area contributed by atoms with Crippen molar-refractivity contribution in [1.82, 2.24) is 5.32 Å². The lowest BCUT2D eigenvalue weighted by molar-refractivity contribution is -0.143. The number of hydrogen-bond acceptors (Lipinski definition) is 5. The second-order valence-electron chi connectivity index (χ2n) is 6.58. The Kier molecular flexibility index (Phi) is 6.29. The van der Waals surface area contributed by atoms with Crippen LogP contribution in [0.5, 0.6) is 5.75 Å². The third-order valence-electron chi connectivity index (χ3n) is 4.49. The van der Waals surface area contributed by atoms with Crippen molar-refractivity contribution in [1.29, 1.82) is 0 Å². The number of thiophene rings is 1. The van der Waals surface area contributed by atoms with Gasteiger partial charge in [-0.3, -0.25) is 4.79 Å². The second-order valence-corrected chi connectivity index (χ2v) is 7.53. The lowest BCUT2D eigenvalue weighted by atomic mass is 10.1. The smallest absolute Gasteiger partial charge is 0.340 e. The highest BCUT2D eigenvalue weighted by Gasteiger charge is 2.29. The molecule has 6 heteroatoms. The molecule has 0 radical (unpaired) electrons. The molecule has 0 spiro atoms. The van der Waals surface area contributed by atoms with Gasteiger partial charge in [-0.2, -0.15) is 0 Å². The Bertz CT molecular complexity index is 807. The van der Waals surface area contributed by atoms with E-state index in [0.717, 1.165) is 29.0 Å². The number of rotatable bonds is 8. The molecule has 1 aromatic carbocycles. The number of carbonyl (C=O) groups excluding carboxylic acids is 2. The predicted octanol–water partition coefficient (Wildman–Crippen LogP) is 3.76. The quantitative estimate of drug-likeness (QED) is 0.555. The minimum Gasteiger partial charge on any atom is -0.497 e. The van der Waals surface area contributed by atoms with E-state index in [9.17, 15) is 9.59 Å². The predicted molar refractivity (Wildman–Crippen MR) is 106 cm³/mol. The summed E-state index contributed by atoms with van der Waals surface area (Å²) in [5, 5.41) is 4.78. The van der Waals surface area contributed by atoms with Crippen LogP contribution in [0.25, 0.3) is 11.6 Å². The zero-order valence-corrected chi connectivity index (χ0v) is 16.3. The number of ether oxygens (including phenoxy) is 2. The number of esters is 1. The van der Waals surface area contributed by atoms with E-state index >= 15 is 0 Å². The summed E-state index contributed by atoms with van der Waals surface area (Å²) in [6.45, 7) is 1.71. The molecule has 27 heavy (non-hydrogen) atoms. The van der Waals surface area contributed by atoms with Gasteiger partial charge in [0.15, 0.2) is 6.61 Å². The SMILES string of the molecule is COc1ccc(/C=C(/C(=O)OCC(=O)N[C@H](C)C2CC2)c2cccs2)cc1. The lowest BCUT2D eigenvalue weighted by Gasteiger charge is -2.13. The summed E-state index contributed by atoms with van der Waals surface area (Å²) >= 11 is 1.45. The molecule has 1 heterocycles. The van der Waals surface area contributed by atoms with E-state index in [1.54, 1.807) is 13.2 Å². The summed E-state index contributed by atoms with van der Waals surface area (Å²) in [5.74, 6) is 0.523. The Morgan fingerprint density at radius 2 is 2.00 bits per heavy atom. The van der Waals surface area contributed by atoms with Crippen molar-refractivity contribution in [3.63, 3.8) is 0 Å². The summed E-state index contributed by atoms with van der Waals surface area (Å²) in [6, 6.07) is 11.2. The molecule has 0 aliphatic heterocycles. The summed E-state index contributed by atoms with van der Waals surface area (Å²) in [6.07, 6.45) is 4.06. The first-order chi connectivity index (χ1) is 13.1. The van der Waals surface area contributed by atoms with Crippen LogP contribution in [0.2, 0.25) is 0 Å². The fraction of sp³-hybridized carbons (Fsp3) is 0.333. The molecule has 1 saturated carbocycles. The first kappa shape index (κ1) is 19.2. The van der Waals surface area contributed by atoms with Crippen molar-refractivity contribution >= 4 is 34.9 Å². The van der Waals surface area contributed by atoms with Crippen LogP contribution < -0.4 is 10.1 Å². The maximum Gasteiger partial charge on any atom is 0.340 e. The molecule has 1 amide bonds. The minimum atomic E-state index is -0.512. The average molecular weight is 385 g/mol. The van der Waals surface area contributed by atoms with E-state index < -0.39 is 5.97 Å². The zero-order chi connectivity index (χ0) is 19.2. The number of amides is 1. The van der Waals surface area contributed by atoms with Gasteiger partial charge < -0.3 is 14.8 Å². The zero-order valence-electron chi connectivity index (χ0n) is 15.4. The van der Waals surface area contributed by atoms with E-state index in [1.165, 1.54) is 11.3 Å². The second kappa shape index (κ2) is 8.86. The van der Waals surface area contributed by atoms with Crippen LogP contribution in [0.1, 0.15) is 30.2 Å². The molecule has 1 N–H and O–H groups in total. The molecule has 0 bridgehead atoms. The van der Waals surface area contributed by atoms with Gasteiger partial charge in [0, 0.05) is 10.9 Å². The van der Waals surface area contributed by atoms with Crippen LogP contribution in [0, 0.1) is 5.92 Å². The average Bonchev–Trinajstić information content (AvgIpc) is 3.40. The first-order valence-electron chi connectivity index (χ1n) is 8.93. The molecule has 1 aromatic heterocycles. The number of carbonyl (C=O) groups is 2. The monoisotopic (exact) mass is 385 g/mol. The van der Waals surface area contributed by atoms with Gasteiger partial charge in [-0.1, -0.05) is 18.2 Å². The molecule has 0 unspecified atom stereocenters. The van der Waals surface area contributed by atoms with Crippen LogP contribution >= 0.6 is 11.3 Å². The van der Waals surface area contributed by atoms with Gasteiger partial charge in [-0.15, -0.1) is 11.3 Å². The van der Waals surface area contributed by atoms with Crippen molar-refractivity contribution in [2.45, 2.75) is 25.8 Å². The fourth-order valence-electron chi connectivity index (χ4n) is 2.75. The molecule has 1 aliphatic carbocycles. The standard InChI is InChI=1S/C21H23NO4S/c1-14(16-7-8-16)22-20(23)13-26-21(24)18(19-4-3-11-27-19)12-15-5-9-17(25-2)10-6-15/h3-6,9-12,14,16H,7-8,13H2,1-2H3,(H,22,23)/b18-12+/t14-/m1/s1. The van der Waals surface area contributed by atoms with E-state index in [1.807, 2.05) is 48.7 Å². The number of hydrogen-bond donors (Lipinski definition) is 1. The first-order valence-corrected chi connectivity index (χ1v) is 9.81. The highest BCUT2D eigenvalue weighted by molar-refractivity contribution is 7.11. The maximum atomic E-state index is 12.6. The van der Waals surface area contributed by atoms with Crippen LogP contribution in [0.15, 0.2) is 41.8 Å². The third kappa shape index (κ3) is 5.44. The van der Waals surface area contributed by atoms with Gasteiger partial charge in [0.1, 0.15) is 5.75 Å². The Hall–Kier alpha value is -2.60. The molecule has 1 aliphatic rings. The van der Waals surface area contributed by atoms with Gasteiger partial charge in [0.05, 0.1) is 12.7 Å². The lowest BCUT2D eigenvalue weighted by Crippen LogP contribution is -2.37. The van der Waals surface area contributed by atoms with Gasteiger partial charge in [-0.25, -0.2) is 4.79 Å². The van der Waals surface area contributed by atoms with Crippen LogP contribution in [-0.4, -0.2) is 31.6 Å². The molecular formula is C21H23NO4S. The van der Waals surface area contributed by atoms with Crippen molar-refractivity contribution in [2.24, 2.45) is 5.92 Å². The molecule has 3 rings (SSSR count). The van der Waals surface area contributed by atoms with Gasteiger partial charge >= 0.3 is 5.97 Å². The summed E-state index contributed by atoms with van der Waals surface area (Å²) in [7, 11) is 1.61. The third-order valence-corrected chi connectivity index (χ3v) is 5.39. The molecule has 142 valence electrons. The maximum absolute atomic E-state index is 12.6. The Morgan fingerprint density at radius 3 is 2.59 bits per heavy atom. The molecular weight excluding hydrogens is 362 g/mol. The summed E-state index contributed by atoms with van der Waals surface area (Å²) in [5.41, 5.74) is 1.28. The molecule has 1 fully saturated rings. The largest absolute Gasteiger partial charge is 0.497 e. The van der Waals surface area contributed by atoms with Crippen molar-refractivity contribution in [3.8, 4) is 5.75 Å². The van der Waals surface area contributed by atoms with E-state index in [2.05, 4.69) is 5.32 Å². The Morgan fingerprint density at radius 1 is 1.26 bits per heavy atom. The van der Waals surface area contributed by atoms with Gasteiger partial charge in [0.2, 0.25) is 0 Å². The van der Waals surface area contributed by atoms with Crippen LogP contribution in [-0.2, 0) is 14.3 Å². The van der Waals surface area contributed by atoms with E-state index in [4.69, 9.17) is 9.47 Å². The van der Waals surface area contributed by atoms with Crippen LogP contribution in [0.4, 0.5) is 0 Å². The number of methoxy groups -OCH3 is 1. The fourth-order valence-corrected chi connectivity index (χ4v) is 3.48. The van der Waals surface area contributed by atoms with Crippen molar-refractivity contribution in [3.05, 3.63) is 52.2 Å². The highest BCUT2D eigenvalue weighted by atomic mass is 32.1. The van der Waals surface area contributed by atoms with Gasteiger partial charge in [0.25, 0.3) is 5.91 Å². The Balaban J connectivity index is 1.67. The van der Waals surface area contributed by atoms with E-state index in [-0.39, 0.29) is 18.6 Å². The molecule has 0 saturated heterocycles. The topological polar surface area (TPSA) is 64.6 Å². The minimum absolute atomic E-state index is 0.128. The van der Waals surface area contributed by atoms with E-state index in [0.29, 0.717) is 11.5 Å². The van der Waals surface area contributed by atoms with Crippen molar-refractivity contribution in [2.75, 3.05) is 13.7 Å². The molecule has 1 atom stereocenters. The highest BCUT2D eigenvalue weighted by Crippen LogP contribution is 2.32. The normalized spacial score (nSPS) is 15.1. The molecule has 5 nitrogen and oxygen atoms in total. The summed E-state index contributed by atoms with van der Waals surface area (Å²) in [4.78, 5) is 25.4. The number of nitrogens with one attached hydrogen (secondary N) is 1.